The maximum Gasteiger partial charge on any atom is 0.281 e. The average molecular weight is 646 g/mol. The quantitative estimate of drug-likeness (QED) is 0.0866. The summed E-state index contributed by atoms with van der Waals surface area (Å²) in [5.74, 6) is -3.27. The summed E-state index contributed by atoms with van der Waals surface area (Å²) >= 11 is 0. The Balaban J connectivity index is 1.55. The molecule has 5 rings (SSSR count). The first-order chi connectivity index (χ1) is 22.5. The Hall–Kier alpha value is -5.03. The number of rotatable bonds is 10. The summed E-state index contributed by atoms with van der Waals surface area (Å²) in [6.07, 6.45) is 1.58. The first kappa shape index (κ1) is 33.3. The van der Waals surface area contributed by atoms with Gasteiger partial charge in [0.15, 0.2) is 0 Å². The van der Waals surface area contributed by atoms with E-state index in [1.807, 2.05) is 12.1 Å². The number of benzene rings is 4. The molecule has 4 aromatic rings. The van der Waals surface area contributed by atoms with Gasteiger partial charge in [0.05, 0.1) is 5.56 Å². The van der Waals surface area contributed by atoms with Crippen molar-refractivity contribution in [2.24, 2.45) is 10.7 Å². The Bertz CT molecular complexity index is 1760. The van der Waals surface area contributed by atoms with Crippen LogP contribution in [0.25, 0.3) is 11.1 Å². The zero-order valence-corrected chi connectivity index (χ0v) is 26.3. The van der Waals surface area contributed by atoms with Crippen molar-refractivity contribution in [2.45, 2.75) is 39.2 Å². The number of hydrogen-bond acceptors (Lipinski definition) is 6. The Morgan fingerprint density at radius 3 is 2.28 bits per heavy atom. The third kappa shape index (κ3) is 8.04. The van der Waals surface area contributed by atoms with Crippen LogP contribution in [-0.2, 0) is 11.2 Å². The van der Waals surface area contributed by atoms with Crippen LogP contribution in [0.4, 0.5) is 30.2 Å². The van der Waals surface area contributed by atoms with E-state index in [4.69, 9.17) is 16.2 Å². The molecule has 1 aliphatic heterocycles. The molecule has 0 unspecified atom stereocenters. The molecule has 6 N–H and O–H groups in total. The smallest absolute Gasteiger partial charge is 0.281 e. The second-order valence-electron chi connectivity index (χ2n) is 11.5. The number of phenols is 1. The van der Waals surface area contributed by atoms with Crippen LogP contribution in [0.15, 0.2) is 71.7 Å². The number of amidine groups is 1. The minimum absolute atomic E-state index is 0.00177. The maximum absolute atomic E-state index is 14.3. The number of nitrogens with two attached hydrogens (primary N) is 2. The van der Waals surface area contributed by atoms with Gasteiger partial charge in [0.2, 0.25) is 0 Å². The molecular formula is C36H38F3N5O3. The topological polar surface area (TPSA) is 126 Å². The van der Waals surface area contributed by atoms with E-state index in [-0.39, 0.29) is 40.9 Å². The van der Waals surface area contributed by atoms with Crippen molar-refractivity contribution < 1.29 is 27.8 Å². The number of carbonyl (C=O) groups excluding carboxylic acids is 1. The molecule has 0 aromatic heterocycles. The summed E-state index contributed by atoms with van der Waals surface area (Å²) < 4.78 is 48.0. The summed E-state index contributed by atoms with van der Waals surface area (Å²) in [6, 6.07) is 15.4. The van der Waals surface area contributed by atoms with E-state index in [9.17, 15) is 23.1 Å². The molecule has 0 bridgehead atoms. The Morgan fingerprint density at radius 1 is 0.936 bits per heavy atom. The highest BCUT2D eigenvalue weighted by Gasteiger charge is 2.21. The van der Waals surface area contributed by atoms with Gasteiger partial charge < -0.3 is 31.5 Å². The molecule has 0 radical (unpaired) electrons. The van der Waals surface area contributed by atoms with Crippen LogP contribution in [0.1, 0.15) is 53.7 Å². The molecule has 1 aliphatic rings. The fourth-order valence-electron chi connectivity index (χ4n) is 5.88. The van der Waals surface area contributed by atoms with Gasteiger partial charge >= 0.3 is 0 Å². The van der Waals surface area contributed by atoms with Crippen molar-refractivity contribution in [1.82, 2.24) is 0 Å². The molecule has 0 atom stereocenters. The van der Waals surface area contributed by atoms with Crippen LogP contribution in [0.5, 0.6) is 5.75 Å². The maximum atomic E-state index is 14.3. The number of nitrogen functional groups attached to an aromatic ring is 1. The SMILES string of the molecule is CCN(CC)c1ccc(C(=O)N=C(N)c2cc(Cc3cc(F)cc(F)c3)c(-c3cc(O)cc(F)c3)cc2N)c(NC2CCOCC2)c1. The van der Waals surface area contributed by atoms with E-state index in [2.05, 4.69) is 29.1 Å². The molecule has 8 nitrogen and oxygen atoms in total. The summed E-state index contributed by atoms with van der Waals surface area (Å²) in [7, 11) is 0. The van der Waals surface area contributed by atoms with Gasteiger partial charge in [0.25, 0.3) is 5.91 Å². The highest BCUT2D eigenvalue weighted by Crippen LogP contribution is 2.34. The Morgan fingerprint density at radius 2 is 1.62 bits per heavy atom. The number of amides is 1. The molecule has 246 valence electrons. The van der Waals surface area contributed by atoms with Crippen molar-refractivity contribution >= 4 is 28.8 Å². The molecule has 0 spiro atoms. The van der Waals surface area contributed by atoms with Crippen LogP contribution in [0, 0.1) is 17.5 Å². The van der Waals surface area contributed by atoms with Gasteiger partial charge in [-0.2, -0.15) is 4.99 Å². The lowest BCUT2D eigenvalue weighted by atomic mass is 9.91. The van der Waals surface area contributed by atoms with Crippen LogP contribution in [-0.4, -0.2) is 49.2 Å². The van der Waals surface area contributed by atoms with Crippen molar-refractivity contribution in [3.8, 4) is 16.9 Å². The van der Waals surface area contributed by atoms with E-state index in [0.29, 0.717) is 41.2 Å². The lowest BCUT2D eigenvalue weighted by Crippen LogP contribution is -2.29. The average Bonchev–Trinajstić information content (AvgIpc) is 3.02. The second-order valence-corrected chi connectivity index (χ2v) is 11.5. The molecule has 1 amide bonds. The van der Waals surface area contributed by atoms with Gasteiger partial charge in [-0.15, -0.1) is 0 Å². The largest absolute Gasteiger partial charge is 0.508 e. The van der Waals surface area contributed by atoms with E-state index in [1.165, 1.54) is 30.3 Å². The molecule has 11 heteroatoms. The van der Waals surface area contributed by atoms with Gasteiger partial charge in [0, 0.05) is 67.1 Å². The van der Waals surface area contributed by atoms with Gasteiger partial charge in [-0.3, -0.25) is 4.79 Å². The summed E-state index contributed by atoms with van der Waals surface area (Å²) in [4.78, 5) is 20.1. The molecule has 0 aliphatic carbocycles. The lowest BCUT2D eigenvalue weighted by Gasteiger charge is -2.27. The molecule has 47 heavy (non-hydrogen) atoms. The molecule has 0 saturated carbocycles. The van der Waals surface area contributed by atoms with Crippen LogP contribution in [0.2, 0.25) is 0 Å². The van der Waals surface area contributed by atoms with Crippen molar-refractivity contribution in [3.63, 3.8) is 0 Å². The number of ether oxygens (including phenoxy) is 1. The number of carbonyl (C=O) groups is 1. The minimum atomic E-state index is -0.760. The standard InChI is InChI=1S/C36H38F3N5O3/c1-3-44(4-2)28-5-6-30(34(19-28)42-27-7-9-47-10-8-27)36(46)43-35(41)32-16-22(11-21-12-24(37)17-25(38)13-21)31(20-33(32)40)23-14-26(39)18-29(45)15-23/h5-6,12-20,27,42,45H,3-4,7-11,40H2,1-2H3,(H2,41,43,46). The zero-order valence-electron chi connectivity index (χ0n) is 26.3. The van der Waals surface area contributed by atoms with Crippen LogP contribution < -0.4 is 21.7 Å². The molecule has 1 heterocycles. The Labute approximate surface area is 271 Å². The minimum Gasteiger partial charge on any atom is -0.508 e. The van der Waals surface area contributed by atoms with Crippen molar-refractivity contribution in [3.05, 3.63) is 106 Å². The monoisotopic (exact) mass is 645 g/mol. The predicted molar refractivity (Wildman–Crippen MR) is 180 cm³/mol. The number of aliphatic imine (C=N–C) groups is 1. The van der Waals surface area contributed by atoms with Crippen LogP contribution >= 0.6 is 0 Å². The van der Waals surface area contributed by atoms with E-state index < -0.39 is 23.4 Å². The number of aromatic hydroxyl groups is 1. The fourth-order valence-corrected chi connectivity index (χ4v) is 5.88. The third-order valence-electron chi connectivity index (χ3n) is 8.23. The van der Waals surface area contributed by atoms with Gasteiger partial charge in [0.1, 0.15) is 29.0 Å². The molecule has 1 fully saturated rings. The molecular weight excluding hydrogens is 607 g/mol. The summed E-state index contributed by atoms with van der Waals surface area (Å²) in [5, 5.41) is 13.6. The predicted octanol–water partition coefficient (Wildman–Crippen LogP) is 6.63. The number of anilines is 3. The van der Waals surface area contributed by atoms with Crippen molar-refractivity contribution in [2.75, 3.05) is 42.3 Å². The third-order valence-corrected chi connectivity index (χ3v) is 8.23. The lowest BCUT2D eigenvalue weighted by molar-refractivity contribution is 0.0904. The number of phenolic OH excluding ortho intramolecular Hbond substituents is 1. The van der Waals surface area contributed by atoms with Gasteiger partial charge in [-0.1, -0.05) is 0 Å². The Kier molecular flexibility index (Phi) is 10.4. The zero-order chi connectivity index (χ0) is 33.7. The number of hydrogen-bond donors (Lipinski definition) is 4. The molecule has 1 saturated heterocycles. The van der Waals surface area contributed by atoms with E-state index >= 15 is 0 Å². The number of nitrogens with zero attached hydrogens (tertiary/aromatic N) is 2. The highest BCUT2D eigenvalue weighted by molar-refractivity contribution is 6.13. The summed E-state index contributed by atoms with van der Waals surface area (Å²) in [6.45, 7) is 6.95. The molecule has 4 aromatic carbocycles. The normalized spacial score (nSPS) is 13.9. The van der Waals surface area contributed by atoms with Crippen LogP contribution in [0.3, 0.4) is 0 Å². The second kappa shape index (κ2) is 14.6. The fraction of sp³-hybridized carbons (Fsp3) is 0.278. The van der Waals surface area contributed by atoms with Crippen molar-refractivity contribution in [1.29, 1.82) is 0 Å². The first-order valence-corrected chi connectivity index (χ1v) is 15.5. The highest BCUT2D eigenvalue weighted by atomic mass is 19.1. The van der Waals surface area contributed by atoms with Gasteiger partial charge in [-0.05, 0) is 110 Å². The van der Waals surface area contributed by atoms with E-state index in [0.717, 1.165) is 43.8 Å². The summed E-state index contributed by atoms with van der Waals surface area (Å²) in [5.41, 5.74) is 16.5. The number of halogens is 3. The first-order valence-electron chi connectivity index (χ1n) is 15.5. The van der Waals surface area contributed by atoms with E-state index in [1.54, 1.807) is 12.1 Å². The van der Waals surface area contributed by atoms with Gasteiger partial charge in [-0.25, -0.2) is 13.2 Å². The number of nitrogens with one attached hydrogen (secondary N) is 1.